The number of rotatable bonds is 18. The SMILES string of the molecule is CCCCCCCCCCCCCCC(C(=O)Oc1cc(C(N)=O)cc2ccccc12)N(C(=O)Cl)c1ccccc1. The number of nitrogens with two attached hydrogens (primary N) is 1. The number of hydrogen-bond acceptors (Lipinski definition) is 4. The molecule has 0 saturated heterocycles. The van der Waals surface area contributed by atoms with Crippen LogP contribution in [0.15, 0.2) is 66.7 Å². The third-order valence-electron chi connectivity index (χ3n) is 7.46. The summed E-state index contributed by atoms with van der Waals surface area (Å²) in [4.78, 5) is 39.6. The summed E-state index contributed by atoms with van der Waals surface area (Å²) >= 11 is 6.05. The van der Waals surface area contributed by atoms with Crippen molar-refractivity contribution in [1.29, 1.82) is 0 Å². The zero-order valence-corrected chi connectivity index (χ0v) is 24.9. The molecule has 1 atom stereocenters. The number of primary amides is 1. The molecule has 0 aromatic heterocycles. The van der Waals surface area contributed by atoms with Crippen molar-refractivity contribution in [2.24, 2.45) is 5.73 Å². The maximum atomic E-state index is 13.7. The molecule has 1 unspecified atom stereocenters. The molecule has 0 aliphatic carbocycles. The fourth-order valence-corrected chi connectivity index (χ4v) is 5.42. The molecular formula is C34H43ClN2O4. The first-order valence-electron chi connectivity index (χ1n) is 15.0. The molecule has 3 rings (SSSR count). The molecule has 220 valence electrons. The number of carbonyl (C=O) groups is 3. The van der Waals surface area contributed by atoms with Gasteiger partial charge in [-0.1, -0.05) is 126 Å². The van der Waals surface area contributed by atoms with Gasteiger partial charge in [0.05, 0.1) is 0 Å². The number of fused-ring (bicyclic) bond motifs is 1. The van der Waals surface area contributed by atoms with E-state index in [1.807, 2.05) is 30.3 Å². The van der Waals surface area contributed by atoms with Crippen LogP contribution in [0.2, 0.25) is 0 Å². The summed E-state index contributed by atoms with van der Waals surface area (Å²) < 4.78 is 5.89. The minimum absolute atomic E-state index is 0.219. The fourth-order valence-electron chi connectivity index (χ4n) is 5.20. The van der Waals surface area contributed by atoms with E-state index >= 15 is 0 Å². The lowest BCUT2D eigenvalue weighted by atomic mass is 10.0. The van der Waals surface area contributed by atoms with Gasteiger partial charge in [0.1, 0.15) is 11.8 Å². The van der Waals surface area contributed by atoms with Crippen LogP contribution in [0.5, 0.6) is 5.75 Å². The molecular weight excluding hydrogens is 536 g/mol. The van der Waals surface area contributed by atoms with Gasteiger partial charge in [-0.05, 0) is 47.7 Å². The molecule has 3 aromatic carbocycles. The molecule has 0 fully saturated rings. The number of anilines is 1. The molecule has 41 heavy (non-hydrogen) atoms. The lowest BCUT2D eigenvalue weighted by Gasteiger charge is -2.28. The standard InChI is InChI=1S/C34H43ClN2O4/c1-2-3-4-5-6-7-8-9-10-11-12-16-23-30(37(34(35)40)28-20-14-13-15-21-28)33(39)41-31-25-27(32(36)38)24-26-19-17-18-22-29(26)31/h13-15,17-22,24-25,30H,2-12,16,23H2,1H3,(H2,36,38). The van der Waals surface area contributed by atoms with E-state index in [9.17, 15) is 14.4 Å². The molecule has 0 bridgehead atoms. The summed E-state index contributed by atoms with van der Waals surface area (Å²) in [7, 11) is 0. The molecule has 0 saturated carbocycles. The number of ether oxygens (including phenoxy) is 1. The van der Waals surface area contributed by atoms with Crippen LogP contribution in [0.1, 0.15) is 101 Å². The third-order valence-corrected chi connectivity index (χ3v) is 7.64. The van der Waals surface area contributed by atoms with Gasteiger partial charge in [0.15, 0.2) is 0 Å². The van der Waals surface area contributed by atoms with Crippen molar-refractivity contribution in [2.45, 2.75) is 96.4 Å². The highest BCUT2D eigenvalue weighted by molar-refractivity contribution is 6.66. The molecule has 3 aromatic rings. The predicted molar refractivity (Wildman–Crippen MR) is 168 cm³/mol. The molecule has 0 radical (unpaired) electrons. The Kier molecular flexibility index (Phi) is 13.7. The molecule has 0 aliphatic heterocycles. The van der Waals surface area contributed by atoms with Crippen molar-refractivity contribution in [2.75, 3.05) is 4.90 Å². The first-order chi connectivity index (χ1) is 19.9. The van der Waals surface area contributed by atoms with Gasteiger partial charge < -0.3 is 10.5 Å². The number of hydrogen-bond donors (Lipinski definition) is 1. The lowest BCUT2D eigenvalue weighted by molar-refractivity contribution is -0.135. The van der Waals surface area contributed by atoms with Crippen molar-refractivity contribution >= 4 is 45.3 Å². The number of benzene rings is 3. The van der Waals surface area contributed by atoms with E-state index in [2.05, 4.69) is 6.92 Å². The highest BCUT2D eigenvalue weighted by Crippen LogP contribution is 2.30. The number of carbonyl (C=O) groups excluding carboxylic acids is 3. The van der Waals surface area contributed by atoms with Crippen LogP contribution in [0.3, 0.4) is 0 Å². The fraction of sp³-hybridized carbons (Fsp3) is 0.441. The van der Waals surface area contributed by atoms with E-state index in [0.29, 0.717) is 17.5 Å². The summed E-state index contributed by atoms with van der Waals surface area (Å²) in [6.45, 7) is 2.24. The Bertz CT molecular complexity index is 1260. The quantitative estimate of drug-likeness (QED) is 0.0535. The highest BCUT2D eigenvalue weighted by Gasteiger charge is 2.32. The van der Waals surface area contributed by atoms with E-state index in [4.69, 9.17) is 22.1 Å². The van der Waals surface area contributed by atoms with Crippen LogP contribution in [0.4, 0.5) is 10.5 Å². The Balaban J connectivity index is 1.67. The van der Waals surface area contributed by atoms with Crippen LogP contribution >= 0.6 is 11.6 Å². The minimum atomic E-state index is -0.929. The number of para-hydroxylation sites is 1. The van der Waals surface area contributed by atoms with Gasteiger partial charge in [-0.15, -0.1) is 0 Å². The Morgan fingerprint density at radius 2 is 1.34 bits per heavy atom. The maximum Gasteiger partial charge on any atom is 0.334 e. The van der Waals surface area contributed by atoms with Gasteiger partial charge >= 0.3 is 11.3 Å². The Morgan fingerprint density at radius 3 is 1.93 bits per heavy atom. The van der Waals surface area contributed by atoms with Crippen LogP contribution in [-0.2, 0) is 4.79 Å². The van der Waals surface area contributed by atoms with E-state index in [0.717, 1.165) is 31.1 Å². The monoisotopic (exact) mass is 578 g/mol. The third kappa shape index (κ3) is 10.2. The van der Waals surface area contributed by atoms with Gasteiger partial charge in [-0.2, -0.15) is 0 Å². The average Bonchev–Trinajstić information content (AvgIpc) is 2.97. The molecule has 0 aliphatic rings. The maximum absolute atomic E-state index is 13.7. The first-order valence-corrected chi connectivity index (χ1v) is 15.4. The molecule has 0 heterocycles. The second kappa shape index (κ2) is 17.4. The van der Waals surface area contributed by atoms with E-state index < -0.39 is 23.3 Å². The normalized spacial score (nSPS) is 11.8. The Labute approximate surface area is 249 Å². The second-order valence-corrected chi connectivity index (χ2v) is 11.0. The van der Waals surface area contributed by atoms with Crippen LogP contribution in [-0.4, -0.2) is 23.3 Å². The molecule has 0 spiro atoms. The highest BCUT2D eigenvalue weighted by atomic mass is 35.5. The largest absolute Gasteiger partial charge is 0.424 e. The number of halogens is 1. The molecule has 6 nitrogen and oxygen atoms in total. The van der Waals surface area contributed by atoms with Gasteiger partial charge in [0.2, 0.25) is 5.91 Å². The molecule has 2 N–H and O–H groups in total. The average molecular weight is 579 g/mol. The Morgan fingerprint density at radius 1 is 0.780 bits per heavy atom. The zero-order valence-electron chi connectivity index (χ0n) is 24.2. The molecule has 7 heteroatoms. The van der Waals surface area contributed by atoms with Crippen molar-refractivity contribution in [3.63, 3.8) is 0 Å². The second-order valence-electron chi connectivity index (χ2n) is 10.6. The number of esters is 1. The summed E-state index contributed by atoms with van der Waals surface area (Å²) in [5.74, 6) is -1.02. The van der Waals surface area contributed by atoms with Crippen molar-refractivity contribution < 1.29 is 19.1 Å². The number of nitrogens with zero attached hydrogens (tertiary/aromatic N) is 1. The predicted octanol–water partition coefficient (Wildman–Crippen LogP) is 9.17. The summed E-state index contributed by atoms with van der Waals surface area (Å²) in [6, 6.07) is 18.4. The smallest absolute Gasteiger partial charge is 0.334 e. The van der Waals surface area contributed by atoms with Crippen molar-refractivity contribution in [1.82, 2.24) is 0 Å². The van der Waals surface area contributed by atoms with E-state index in [-0.39, 0.29) is 11.3 Å². The summed E-state index contributed by atoms with van der Waals surface area (Å²) in [5.41, 5.74) is 6.29. The van der Waals surface area contributed by atoms with Crippen LogP contribution in [0, 0.1) is 0 Å². The van der Waals surface area contributed by atoms with Crippen LogP contribution < -0.4 is 15.4 Å². The first kappa shape index (κ1) is 32.1. The molecule has 2 amide bonds. The zero-order chi connectivity index (χ0) is 29.5. The van der Waals surface area contributed by atoms with Crippen molar-refractivity contribution in [3.8, 4) is 5.75 Å². The van der Waals surface area contributed by atoms with Gasteiger partial charge in [-0.3, -0.25) is 14.5 Å². The topological polar surface area (TPSA) is 89.7 Å². The number of unbranched alkanes of at least 4 members (excludes halogenated alkanes) is 11. The van der Waals surface area contributed by atoms with Gasteiger partial charge in [0, 0.05) is 16.6 Å². The minimum Gasteiger partial charge on any atom is -0.424 e. The Hall–Kier alpha value is -3.38. The lowest BCUT2D eigenvalue weighted by Crippen LogP contribution is -2.45. The van der Waals surface area contributed by atoms with Crippen LogP contribution in [0.25, 0.3) is 10.8 Å². The van der Waals surface area contributed by atoms with Gasteiger partial charge in [-0.25, -0.2) is 4.79 Å². The van der Waals surface area contributed by atoms with E-state index in [1.54, 1.807) is 30.3 Å². The summed E-state index contributed by atoms with van der Waals surface area (Å²) in [5, 5.41) is 0.628. The number of amides is 2. The van der Waals surface area contributed by atoms with Gasteiger partial charge in [0.25, 0.3) is 0 Å². The van der Waals surface area contributed by atoms with E-state index in [1.165, 1.54) is 62.3 Å². The van der Waals surface area contributed by atoms with Crippen molar-refractivity contribution in [3.05, 3.63) is 72.3 Å². The summed E-state index contributed by atoms with van der Waals surface area (Å²) in [6.07, 6.45) is 14.7.